The number of nitrogens with one attached hydrogen (secondary N) is 1. The molecule has 2 atom stereocenters. The van der Waals surface area contributed by atoms with E-state index in [0.29, 0.717) is 25.9 Å². The van der Waals surface area contributed by atoms with Crippen LogP contribution in [0.4, 0.5) is 0 Å². The van der Waals surface area contributed by atoms with Gasteiger partial charge in [-0.3, -0.25) is 9.59 Å². The highest BCUT2D eigenvalue weighted by Crippen LogP contribution is 2.18. The summed E-state index contributed by atoms with van der Waals surface area (Å²) in [5.41, 5.74) is 0. The summed E-state index contributed by atoms with van der Waals surface area (Å²) in [6, 6.07) is 0. The van der Waals surface area contributed by atoms with Crippen molar-refractivity contribution < 1.29 is 28.5 Å². The molecular weight excluding hydrogens is 725 g/mol. The van der Waals surface area contributed by atoms with Crippen molar-refractivity contribution in [2.24, 2.45) is 0 Å². The lowest BCUT2D eigenvalue weighted by atomic mass is 10.0. The highest BCUT2D eigenvalue weighted by Gasteiger charge is 2.13. The third kappa shape index (κ3) is 41.5. The molecule has 0 heterocycles. The number of carbonyl (C=O) groups excluding carboxylic acids is 2. The Morgan fingerprint density at radius 1 is 0.517 bits per heavy atom. The quantitative estimate of drug-likeness (QED) is 0.0371. The summed E-state index contributed by atoms with van der Waals surface area (Å²) in [4.78, 5) is 26.9. The third-order valence-electron chi connectivity index (χ3n) is 11.6. The van der Waals surface area contributed by atoms with Gasteiger partial charge < -0.3 is 29.2 Å². The van der Waals surface area contributed by atoms with Crippen LogP contribution in [0.25, 0.3) is 0 Å². The Labute approximate surface area is 361 Å². The number of nitrogens with zero attached hydrogens (tertiary/aromatic N) is 1. The van der Waals surface area contributed by atoms with E-state index in [-0.39, 0.29) is 24.6 Å². The smallest absolute Gasteiger partial charge is 0.306 e. The van der Waals surface area contributed by atoms with Crippen LogP contribution in [0.15, 0.2) is 0 Å². The van der Waals surface area contributed by atoms with Crippen LogP contribution in [0.3, 0.4) is 0 Å². The molecule has 0 fully saturated rings. The van der Waals surface area contributed by atoms with Crippen molar-refractivity contribution in [3.63, 3.8) is 0 Å². The highest BCUT2D eigenvalue weighted by atomic mass is 16.7. The van der Waals surface area contributed by atoms with Crippen molar-refractivity contribution in [3.05, 3.63) is 0 Å². The van der Waals surface area contributed by atoms with Gasteiger partial charge in [0.1, 0.15) is 19.5 Å². The molecule has 0 bridgehead atoms. The molecule has 0 rings (SSSR count). The maximum absolute atomic E-state index is 12.5. The zero-order valence-electron chi connectivity index (χ0n) is 39.5. The van der Waals surface area contributed by atoms with E-state index in [0.717, 1.165) is 71.2 Å². The van der Waals surface area contributed by atoms with E-state index >= 15 is 0 Å². The molecule has 2 unspecified atom stereocenters. The molecule has 1 amide bonds. The van der Waals surface area contributed by atoms with Gasteiger partial charge in [0.2, 0.25) is 5.91 Å². The summed E-state index contributed by atoms with van der Waals surface area (Å²) in [5.74, 6) is -0.0506. The second kappa shape index (κ2) is 46.8. The first-order chi connectivity index (χ1) is 28.5. The average Bonchev–Trinajstić information content (AvgIpc) is 3.22. The van der Waals surface area contributed by atoms with E-state index in [1.54, 1.807) is 7.11 Å². The van der Waals surface area contributed by atoms with E-state index in [2.05, 4.69) is 37.9 Å². The fourth-order valence-corrected chi connectivity index (χ4v) is 7.82. The van der Waals surface area contributed by atoms with Crippen molar-refractivity contribution in [2.45, 2.75) is 258 Å². The predicted molar refractivity (Wildman–Crippen MR) is 247 cm³/mol. The Kier molecular flexibility index (Phi) is 45.9. The minimum atomic E-state index is -0.0419. The summed E-state index contributed by atoms with van der Waals surface area (Å²) in [6.45, 7) is 14.3. The van der Waals surface area contributed by atoms with Crippen LogP contribution in [0.5, 0.6) is 0 Å². The van der Waals surface area contributed by atoms with Gasteiger partial charge in [-0.25, -0.2) is 0 Å². The zero-order valence-corrected chi connectivity index (χ0v) is 39.5. The molecule has 0 saturated carbocycles. The molecule has 0 spiro atoms. The first-order valence-electron chi connectivity index (χ1n) is 25.4. The lowest BCUT2D eigenvalue weighted by Gasteiger charge is -2.22. The van der Waals surface area contributed by atoms with E-state index in [1.807, 2.05) is 0 Å². The van der Waals surface area contributed by atoms with Crippen LogP contribution in [0.1, 0.15) is 246 Å². The monoisotopic (exact) mass is 825 g/mol. The van der Waals surface area contributed by atoms with Gasteiger partial charge in [0.15, 0.2) is 0 Å². The Hall–Kier alpha value is -1.22. The lowest BCUT2D eigenvalue weighted by molar-refractivity contribution is -0.149. The number of amides is 1. The normalized spacial score (nSPS) is 12.7. The van der Waals surface area contributed by atoms with Gasteiger partial charge in [0.25, 0.3) is 0 Å². The molecule has 0 aliphatic carbocycles. The number of unbranched alkanes of at least 4 members (excludes halogenated alkanes) is 23. The van der Waals surface area contributed by atoms with E-state index in [1.165, 1.54) is 167 Å². The molecule has 0 aromatic carbocycles. The number of rotatable bonds is 48. The van der Waals surface area contributed by atoms with Crippen LogP contribution < -0.4 is 5.32 Å². The van der Waals surface area contributed by atoms with Crippen LogP contribution in [-0.4, -0.2) is 82.3 Å². The summed E-state index contributed by atoms with van der Waals surface area (Å²) >= 11 is 0. The summed E-state index contributed by atoms with van der Waals surface area (Å²) in [5, 5.41) is 2.97. The Morgan fingerprint density at radius 3 is 1.48 bits per heavy atom. The van der Waals surface area contributed by atoms with E-state index < -0.39 is 0 Å². The SMILES string of the molecule is CCCCCCCCC(CCCCCCC)OCOCCCCCCCCN(CCCCCCCC(=O)OC(CC)CCCCCCCC)CCCNC(=O)COC. The first-order valence-corrected chi connectivity index (χ1v) is 25.4. The van der Waals surface area contributed by atoms with Crippen molar-refractivity contribution in [2.75, 3.05) is 53.3 Å². The first kappa shape index (κ1) is 56.8. The molecule has 8 nitrogen and oxygen atoms in total. The summed E-state index contributed by atoms with van der Waals surface area (Å²) < 4.78 is 22.9. The molecule has 0 saturated heterocycles. The Morgan fingerprint density at radius 2 is 0.966 bits per heavy atom. The number of ether oxygens (including phenoxy) is 4. The topological polar surface area (TPSA) is 86.3 Å². The molecule has 0 radical (unpaired) electrons. The fourth-order valence-electron chi connectivity index (χ4n) is 7.82. The largest absolute Gasteiger partial charge is 0.462 e. The number of methoxy groups -OCH3 is 1. The number of hydrogen-bond donors (Lipinski definition) is 1. The lowest BCUT2D eigenvalue weighted by Crippen LogP contribution is -2.32. The van der Waals surface area contributed by atoms with Crippen LogP contribution in [0, 0.1) is 0 Å². The van der Waals surface area contributed by atoms with Gasteiger partial charge in [0.05, 0.1) is 6.10 Å². The standard InChI is InChI=1S/C50H100N2O6/c1-6-10-13-16-22-28-36-47(9-4)58-50(54)39-31-24-20-26-33-42-52(43-35-40-51-49(53)45-55-5)41-32-25-18-19-27-34-44-56-46-57-48(37-29-21-15-12-8-3)38-30-23-17-14-11-7-2/h47-48H,6-46H2,1-5H3,(H,51,53). The summed E-state index contributed by atoms with van der Waals surface area (Å²) in [6.07, 6.45) is 41.5. The van der Waals surface area contributed by atoms with Crippen LogP contribution in [-0.2, 0) is 28.5 Å². The molecule has 58 heavy (non-hydrogen) atoms. The van der Waals surface area contributed by atoms with Crippen molar-refractivity contribution in [3.8, 4) is 0 Å². The van der Waals surface area contributed by atoms with E-state index in [9.17, 15) is 9.59 Å². The highest BCUT2D eigenvalue weighted by molar-refractivity contribution is 5.77. The molecule has 1 N–H and O–H groups in total. The van der Waals surface area contributed by atoms with Gasteiger partial charge in [0, 0.05) is 26.7 Å². The Bertz CT molecular complexity index is 845. The number of hydrogen-bond acceptors (Lipinski definition) is 7. The van der Waals surface area contributed by atoms with Crippen LogP contribution >= 0.6 is 0 Å². The van der Waals surface area contributed by atoms with E-state index in [4.69, 9.17) is 18.9 Å². The molecule has 346 valence electrons. The minimum absolute atomic E-state index is 0.00866. The molecule has 0 aromatic rings. The maximum atomic E-state index is 12.5. The van der Waals surface area contributed by atoms with Gasteiger partial charge in [-0.15, -0.1) is 0 Å². The fraction of sp³-hybridized carbons (Fsp3) is 0.960. The third-order valence-corrected chi connectivity index (χ3v) is 11.6. The van der Waals surface area contributed by atoms with Crippen molar-refractivity contribution in [1.29, 1.82) is 0 Å². The van der Waals surface area contributed by atoms with Gasteiger partial charge >= 0.3 is 5.97 Å². The van der Waals surface area contributed by atoms with Crippen molar-refractivity contribution in [1.82, 2.24) is 10.2 Å². The van der Waals surface area contributed by atoms with Crippen LogP contribution in [0.2, 0.25) is 0 Å². The predicted octanol–water partition coefficient (Wildman–Crippen LogP) is 13.7. The zero-order chi connectivity index (χ0) is 42.4. The second-order valence-corrected chi connectivity index (χ2v) is 17.3. The average molecular weight is 825 g/mol. The maximum Gasteiger partial charge on any atom is 0.306 e. The summed E-state index contributed by atoms with van der Waals surface area (Å²) in [7, 11) is 1.56. The van der Waals surface area contributed by atoms with Gasteiger partial charge in [-0.05, 0) is 83.8 Å². The van der Waals surface area contributed by atoms with Crippen molar-refractivity contribution >= 4 is 11.9 Å². The molecular formula is C50H100N2O6. The second-order valence-electron chi connectivity index (χ2n) is 17.3. The van der Waals surface area contributed by atoms with Gasteiger partial charge in [-0.1, -0.05) is 175 Å². The van der Waals surface area contributed by atoms with Gasteiger partial charge in [-0.2, -0.15) is 0 Å². The molecule has 0 aromatic heterocycles. The number of esters is 1. The molecule has 0 aliphatic rings. The molecule has 0 aliphatic heterocycles. The Balaban J connectivity index is 4.25. The minimum Gasteiger partial charge on any atom is -0.462 e. The molecule has 8 heteroatoms. The number of carbonyl (C=O) groups is 2.